The number of rotatable bonds is 11. The van der Waals surface area contributed by atoms with Gasteiger partial charge in [-0.05, 0) is 19.3 Å². The Balaban J connectivity index is 3.81. The van der Waals surface area contributed by atoms with E-state index >= 15 is 0 Å². The van der Waals surface area contributed by atoms with E-state index in [1.54, 1.807) is 0 Å². The molecule has 0 aliphatic heterocycles. The predicted octanol–water partition coefficient (Wildman–Crippen LogP) is 3.26. The minimum absolute atomic E-state index is 0.235. The van der Waals surface area contributed by atoms with Crippen LogP contribution in [-0.4, -0.2) is 23.8 Å². The number of aliphatic hydroxyl groups is 1. The van der Waals surface area contributed by atoms with Crippen molar-refractivity contribution in [1.82, 2.24) is 5.32 Å². The van der Waals surface area contributed by atoms with Crippen molar-refractivity contribution in [3.05, 3.63) is 12.7 Å². The number of hydrogen-bond acceptors (Lipinski definition) is 2. The van der Waals surface area contributed by atoms with Gasteiger partial charge in [-0.2, -0.15) is 0 Å². The van der Waals surface area contributed by atoms with Crippen molar-refractivity contribution in [3.63, 3.8) is 0 Å². The van der Waals surface area contributed by atoms with Crippen LogP contribution in [0.5, 0.6) is 0 Å². The summed E-state index contributed by atoms with van der Waals surface area (Å²) in [6, 6.07) is 0.739. The molecule has 0 radical (unpaired) electrons. The fraction of sp³-hybridized carbons (Fsp3) is 0.857. The maximum Gasteiger partial charge on any atom is 0.0584 e. The zero-order valence-corrected chi connectivity index (χ0v) is 11.0. The predicted molar refractivity (Wildman–Crippen MR) is 71.7 cm³/mol. The maximum atomic E-state index is 9.16. The molecule has 96 valence electrons. The Morgan fingerprint density at radius 1 is 1.19 bits per heavy atom. The smallest absolute Gasteiger partial charge is 0.0584 e. The SMILES string of the molecule is C=CCC(CCCCCC)NC(CC)CO. The second kappa shape index (κ2) is 11.2. The third kappa shape index (κ3) is 7.89. The fourth-order valence-corrected chi connectivity index (χ4v) is 1.92. The molecule has 0 bridgehead atoms. The largest absolute Gasteiger partial charge is 0.395 e. The Morgan fingerprint density at radius 3 is 2.44 bits per heavy atom. The van der Waals surface area contributed by atoms with E-state index < -0.39 is 0 Å². The summed E-state index contributed by atoms with van der Waals surface area (Å²) >= 11 is 0. The molecule has 0 spiro atoms. The van der Waals surface area contributed by atoms with Crippen molar-refractivity contribution in [2.75, 3.05) is 6.61 Å². The van der Waals surface area contributed by atoms with Crippen LogP contribution in [0.4, 0.5) is 0 Å². The minimum atomic E-state index is 0.235. The summed E-state index contributed by atoms with van der Waals surface area (Å²) in [6.07, 6.45) is 10.4. The summed E-state index contributed by atoms with van der Waals surface area (Å²) in [7, 11) is 0. The zero-order valence-electron chi connectivity index (χ0n) is 11.0. The third-order valence-electron chi connectivity index (χ3n) is 3.04. The van der Waals surface area contributed by atoms with Gasteiger partial charge >= 0.3 is 0 Å². The first-order valence-corrected chi connectivity index (χ1v) is 6.76. The van der Waals surface area contributed by atoms with Crippen LogP contribution in [0.2, 0.25) is 0 Å². The van der Waals surface area contributed by atoms with Crippen LogP contribution in [0.1, 0.15) is 58.8 Å². The molecule has 0 rings (SSSR count). The van der Waals surface area contributed by atoms with Gasteiger partial charge in [0, 0.05) is 12.1 Å². The van der Waals surface area contributed by atoms with Gasteiger partial charge in [0.1, 0.15) is 0 Å². The monoisotopic (exact) mass is 227 g/mol. The Morgan fingerprint density at radius 2 is 1.94 bits per heavy atom. The Bertz CT molecular complexity index is 155. The molecular formula is C14H29NO. The van der Waals surface area contributed by atoms with Gasteiger partial charge in [0.25, 0.3) is 0 Å². The molecule has 2 N–H and O–H groups in total. The molecule has 0 saturated carbocycles. The van der Waals surface area contributed by atoms with Crippen LogP contribution in [-0.2, 0) is 0 Å². The molecule has 16 heavy (non-hydrogen) atoms. The van der Waals surface area contributed by atoms with Gasteiger partial charge in [-0.1, -0.05) is 45.6 Å². The first-order valence-electron chi connectivity index (χ1n) is 6.76. The van der Waals surface area contributed by atoms with E-state index in [0.717, 1.165) is 12.8 Å². The van der Waals surface area contributed by atoms with Crippen LogP contribution < -0.4 is 5.32 Å². The average Bonchev–Trinajstić information content (AvgIpc) is 2.31. The normalized spacial score (nSPS) is 14.7. The molecule has 2 nitrogen and oxygen atoms in total. The molecule has 0 aliphatic carbocycles. The lowest BCUT2D eigenvalue weighted by Crippen LogP contribution is -2.40. The summed E-state index contributed by atoms with van der Waals surface area (Å²) in [4.78, 5) is 0. The highest BCUT2D eigenvalue weighted by Gasteiger charge is 2.11. The highest BCUT2D eigenvalue weighted by atomic mass is 16.3. The zero-order chi connectivity index (χ0) is 12.2. The van der Waals surface area contributed by atoms with Crippen molar-refractivity contribution < 1.29 is 5.11 Å². The lowest BCUT2D eigenvalue weighted by Gasteiger charge is -2.23. The van der Waals surface area contributed by atoms with Gasteiger partial charge in [-0.3, -0.25) is 0 Å². The topological polar surface area (TPSA) is 32.3 Å². The van der Waals surface area contributed by atoms with Crippen LogP contribution in [0.25, 0.3) is 0 Å². The van der Waals surface area contributed by atoms with Crippen molar-refractivity contribution in [2.45, 2.75) is 70.9 Å². The van der Waals surface area contributed by atoms with Crippen LogP contribution in [0.3, 0.4) is 0 Å². The van der Waals surface area contributed by atoms with Crippen LogP contribution in [0, 0.1) is 0 Å². The number of aliphatic hydroxyl groups excluding tert-OH is 1. The Hall–Kier alpha value is -0.340. The van der Waals surface area contributed by atoms with E-state index in [-0.39, 0.29) is 12.6 Å². The summed E-state index contributed by atoms with van der Waals surface area (Å²) in [5.74, 6) is 0. The molecule has 2 heteroatoms. The Labute approximate surface area is 101 Å². The Kier molecular flexibility index (Phi) is 10.9. The number of unbranched alkanes of at least 4 members (excludes halogenated alkanes) is 3. The van der Waals surface area contributed by atoms with Crippen LogP contribution >= 0.6 is 0 Å². The highest BCUT2D eigenvalue weighted by molar-refractivity contribution is 4.80. The van der Waals surface area contributed by atoms with Crippen molar-refractivity contribution in [2.24, 2.45) is 0 Å². The van der Waals surface area contributed by atoms with Gasteiger partial charge in [-0.25, -0.2) is 0 Å². The summed E-state index contributed by atoms with van der Waals surface area (Å²) in [5, 5.41) is 12.7. The molecule has 0 aromatic carbocycles. The highest BCUT2D eigenvalue weighted by Crippen LogP contribution is 2.09. The van der Waals surface area contributed by atoms with Gasteiger partial charge < -0.3 is 10.4 Å². The second-order valence-electron chi connectivity index (χ2n) is 4.53. The van der Waals surface area contributed by atoms with Crippen molar-refractivity contribution in [1.29, 1.82) is 0 Å². The van der Waals surface area contributed by atoms with Gasteiger partial charge in [0.2, 0.25) is 0 Å². The van der Waals surface area contributed by atoms with E-state index in [1.165, 1.54) is 32.1 Å². The number of nitrogens with one attached hydrogen (secondary N) is 1. The quantitative estimate of drug-likeness (QED) is 0.419. The molecule has 0 fully saturated rings. The van der Waals surface area contributed by atoms with E-state index in [1.807, 2.05) is 6.08 Å². The molecule has 2 atom stereocenters. The molecule has 0 aromatic heterocycles. The minimum Gasteiger partial charge on any atom is -0.395 e. The fourth-order valence-electron chi connectivity index (χ4n) is 1.92. The van der Waals surface area contributed by atoms with Crippen molar-refractivity contribution >= 4 is 0 Å². The molecule has 0 amide bonds. The van der Waals surface area contributed by atoms with E-state index in [9.17, 15) is 0 Å². The summed E-state index contributed by atoms with van der Waals surface area (Å²) in [6.45, 7) is 8.38. The number of hydrogen-bond donors (Lipinski definition) is 2. The molecule has 2 unspecified atom stereocenters. The van der Waals surface area contributed by atoms with Crippen LogP contribution in [0.15, 0.2) is 12.7 Å². The van der Waals surface area contributed by atoms with Gasteiger partial charge in [-0.15, -0.1) is 6.58 Å². The van der Waals surface area contributed by atoms with E-state index in [2.05, 4.69) is 25.7 Å². The second-order valence-corrected chi connectivity index (χ2v) is 4.53. The molecule has 0 aliphatic rings. The summed E-state index contributed by atoms with van der Waals surface area (Å²) < 4.78 is 0. The van der Waals surface area contributed by atoms with Gasteiger partial charge in [0.15, 0.2) is 0 Å². The molecule has 0 saturated heterocycles. The maximum absolute atomic E-state index is 9.16. The van der Waals surface area contributed by atoms with E-state index in [4.69, 9.17) is 5.11 Å². The van der Waals surface area contributed by atoms with Gasteiger partial charge in [0.05, 0.1) is 6.61 Å². The average molecular weight is 227 g/mol. The first kappa shape index (κ1) is 15.7. The third-order valence-corrected chi connectivity index (χ3v) is 3.04. The molecule has 0 heterocycles. The lowest BCUT2D eigenvalue weighted by atomic mass is 10.0. The van der Waals surface area contributed by atoms with E-state index in [0.29, 0.717) is 6.04 Å². The summed E-state index contributed by atoms with van der Waals surface area (Å²) in [5.41, 5.74) is 0. The molecule has 0 aromatic rings. The van der Waals surface area contributed by atoms with Crippen molar-refractivity contribution in [3.8, 4) is 0 Å². The lowest BCUT2D eigenvalue weighted by molar-refractivity contribution is 0.224. The standard InChI is InChI=1S/C14H29NO/c1-4-7-8-9-11-14(10-5-2)15-13(6-3)12-16/h5,13-16H,2,4,6-12H2,1,3H3. The first-order chi connectivity index (χ1) is 7.78. The molecular weight excluding hydrogens is 198 g/mol.